The monoisotopic (exact) mass is 471 g/mol. The van der Waals surface area contributed by atoms with Crippen molar-refractivity contribution in [2.75, 3.05) is 12.0 Å². The van der Waals surface area contributed by atoms with E-state index in [1.807, 2.05) is 0 Å². The molecule has 0 aliphatic rings. The molecule has 142 valence electrons. The number of benzene rings is 1. The molecule has 0 spiro atoms. The molecule has 0 fully saturated rings. The van der Waals surface area contributed by atoms with Gasteiger partial charge in [-0.1, -0.05) is 11.2 Å². The van der Waals surface area contributed by atoms with Crippen molar-refractivity contribution in [3.8, 4) is 16.2 Å². The third kappa shape index (κ3) is 3.50. The van der Waals surface area contributed by atoms with E-state index in [-0.39, 0.29) is 10.8 Å². The third-order valence-electron chi connectivity index (χ3n) is 3.75. The Morgan fingerprint density at radius 1 is 1.37 bits per heavy atom. The lowest BCUT2D eigenvalue weighted by Crippen LogP contribution is -2.16. The average Bonchev–Trinajstić information content (AvgIpc) is 3.24. The molecule has 1 aromatic carbocycles. The Bertz CT molecular complexity index is 1110. The fourth-order valence-corrected chi connectivity index (χ4v) is 4.91. The second kappa shape index (κ2) is 7.43. The van der Waals surface area contributed by atoms with Gasteiger partial charge in [0.25, 0.3) is 5.88 Å². The predicted molar refractivity (Wildman–Crippen MR) is 105 cm³/mol. The Labute approximate surface area is 167 Å². The maximum atomic E-state index is 12.0. The lowest BCUT2D eigenvalue weighted by Gasteiger charge is -2.20. The summed E-state index contributed by atoms with van der Waals surface area (Å²) >= 11 is 4.51. The molecular weight excluding hydrogens is 458 g/mol. The van der Waals surface area contributed by atoms with Gasteiger partial charge in [0.2, 0.25) is 16.4 Å². The predicted octanol–water partition coefficient (Wildman–Crippen LogP) is 3.42. The van der Waals surface area contributed by atoms with E-state index in [0.29, 0.717) is 38.5 Å². The number of ether oxygens (including phenoxy) is 1. The Morgan fingerprint density at radius 2 is 2.11 bits per heavy atom. The van der Waals surface area contributed by atoms with Crippen molar-refractivity contribution < 1.29 is 22.5 Å². The molecule has 11 heteroatoms. The molecule has 0 bridgehead atoms. The zero-order chi connectivity index (χ0) is 19.8. The van der Waals surface area contributed by atoms with Gasteiger partial charge >= 0.3 is 0 Å². The minimum atomic E-state index is -3.98. The number of carbonyl (C=O) groups is 1. The van der Waals surface area contributed by atoms with Crippen molar-refractivity contribution in [2.24, 2.45) is 5.14 Å². The highest BCUT2D eigenvalue weighted by atomic mass is 79.9. The van der Waals surface area contributed by atoms with Crippen LogP contribution in [0.1, 0.15) is 5.69 Å². The van der Waals surface area contributed by atoms with Gasteiger partial charge in [0.1, 0.15) is 15.1 Å². The minimum absolute atomic E-state index is 0.0584. The van der Waals surface area contributed by atoms with E-state index in [9.17, 15) is 13.2 Å². The average molecular weight is 472 g/mol. The number of methoxy groups -OCH3 is 1. The number of rotatable bonds is 6. The normalized spacial score (nSPS) is 11.4. The molecule has 0 saturated carbocycles. The van der Waals surface area contributed by atoms with Crippen LogP contribution in [-0.2, 0) is 14.8 Å². The number of aromatic nitrogens is 1. The van der Waals surface area contributed by atoms with Crippen molar-refractivity contribution >= 4 is 55.3 Å². The number of thiophene rings is 1. The Morgan fingerprint density at radius 3 is 2.67 bits per heavy atom. The summed E-state index contributed by atoms with van der Waals surface area (Å²) in [5.74, 6) is 0.532. The van der Waals surface area contributed by atoms with Crippen LogP contribution in [0.2, 0.25) is 0 Å². The first-order valence-corrected chi connectivity index (χ1v) is 10.7. The van der Waals surface area contributed by atoms with Crippen molar-refractivity contribution in [3.63, 3.8) is 0 Å². The quantitative estimate of drug-likeness (QED) is 0.550. The van der Waals surface area contributed by atoms with Gasteiger partial charge in [0.15, 0.2) is 0 Å². The first-order chi connectivity index (χ1) is 12.8. The largest absolute Gasteiger partial charge is 0.496 e. The summed E-state index contributed by atoms with van der Waals surface area (Å²) in [5.41, 5.74) is 1.31. The topological polar surface area (TPSA) is 116 Å². The van der Waals surface area contributed by atoms with Crippen LogP contribution in [0, 0.1) is 6.92 Å². The smallest absolute Gasteiger partial charge is 0.252 e. The molecule has 27 heavy (non-hydrogen) atoms. The van der Waals surface area contributed by atoms with E-state index in [1.165, 1.54) is 29.4 Å². The Kier molecular flexibility index (Phi) is 5.38. The Balaban J connectivity index is 2.32. The van der Waals surface area contributed by atoms with Crippen LogP contribution in [0.5, 0.6) is 5.75 Å². The standard InChI is InChI=1S/C16H14BrN3O5S2/c1-9-14(17)16(25-19-9)20(8-21)10-4-3-5-11(24-2)13(10)15-12(6-7-26-15)27(18,22)23/h3-8H,1-2H3,(H2,18,22,23). The number of primary sulfonamides is 1. The molecule has 0 atom stereocenters. The van der Waals surface area contributed by atoms with Crippen molar-refractivity contribution in [3.05, 3.63) is 39.8 Å². The number of halogens is 1. The number of amides is 1. The summed E-state index contributed by atoms with van der Waals surface area (Å²) in [4.78, 5) is 13.4. The fraction of sp³-hybridized carbons (Fsp3) is 0.125. The van der Waals surface area contributed by atoms with E-state index in [1.54, 1.807) is 30.5 Å². The van der Waals surface area contributed by atoms with E-state index in [2.05, 4.69) is 21.1 Å². The molecule has 0 unspecified atom stereocenters. The third-order valence-corrected chi connectivity index (χ3v) is 6.67. The second-order valence-corrected chi connectivity index (χ2v) is 8.61. The summed E-state index contributed by atoms with van der Waals surface area (Å²) in [6.45, 7) is 1.71. The van der Waals surface area contributed by atoms with Gasteiger partial charge in [-0.15, -0.1) is 11.3 Å². The summed E-state index contributed by atoms with van der Waals surface area (Å²) in [7, 11) is -2.53. The van der Waals surface area contributed by atoms with Crippen LogP contribution >= 0.6 is 27.3 Å². The van der Waals surface area contributed by atoms with Gasteiger partial charge in [-0.05, 0) is 46.4 Å². The molecule has 3 aromatic rings. The molecule has 2 heterocycles. The van der Waals surface area contributed by atoms with Crippen LogP contribution in [0.3, 0.4) is 0 Å². The number of nitrogens with two attached hydrogens (primary N) is 1. The highest BCUT2D eigenvalue weighted by molar-refractivity contribution is 9.10. The summed E-state index contributed by atoms with van der Waals surface area (Å²) in [5, 5.41) is 10.8. The summed E-state index contributed by atoms with van der Waals surface area (Å²) in [6.07, 6.45) is 0.549. The van der Waals surface area contributed by atoms with Crippen molar-refractivity contribution in [1.29, 1.82) is 0 Å². The number of carbonyl (C=O) groups excluding carboxylic acids is 1. The van der Waals surface area contributed by atoms with Gasteiger partial charge in [-0.25, -0.2) is 18.5 Å². The van der Waals surface area contributed by atoms with Crippen LogP contribution < -0.4 is 14.8 Å². The van der Waals surface area contributed by atoms with Crippen LogP contribution in [-0.4, -0.2) is 27.1 Å². The summed E-state index contributed by atoms with van der Waals surface area (Å²) in [6, 6.07) is 6.39. The number of hydrogen-bond acceptors (Lipinski definition) is 7. The summed E-state index contributed by atoms with van der Waals surface area (Å²) < 4.78 is 35.2. The van der Waals surface area contributed by atoms with Crippen LogP contribution in [0.4, 0.5) is 11.6 Å². The van der Waals surface area contributed by atoms with E-state index < -0.39 is 10.0 Å². The van der Waals surface area contributed by atoms with Crippen molar-refractivity contribution in [1.82, 2.24) is 5.16 Å². The molecule has 3 rings (SSSR count). The molecule has 0 aliphatic carbocycles. The zero-order valence-corrected chi connectivity index (χ0v) is 17.4. The lowest BCUT2D eigenvalue weighted by molar-refractivity contribution is -0.107. The molecule has 2 N–H and O–H groups in total. The van der Waals surface area contributed by atoms with E-state index in [4.69, 9.17) is 14.4 Å². The maximum Gasteiger partial charge on any atom is 0.252 e. The number of nitrogens with zero attached hydrogens (tertiary/aromatic N) is 2. The SMILES string of the molecule is COc1cccc(N(C=O)c2onc(C)c2Br)c1-c1sccc1S(N)(=O)=O. The van der Waals surface area contributed by atoms with Crippen LogP contribution in [0.25, 0.3) is 10.4 Å². The molecular formula is C16H14BrN3O5S2. The number of hydrogen-bond donors (Lipinski definition) is 1. The van der Waals surface area contributed by atoms with Gasteiger partial charge < -0.3 is 9.26 Å². The number of aryl methyl sites for hydroxylation is 1. The second-order valence-electron chi connectivity index (χ2n) is 5.38. The highest BCUT2D eigenvalue weighted by Gasteiger charge is 2.27. The number of sulfonamides is 1. The minimum Gasteiger partial charge on any atom is -0.496 e. The van der Waals surface area contributed by atoms with E-state index >= 15 is 0 Å². The zero-order valence-electron chi connectivity index (χ0n) is 14.2. The van der Waals surface area contributed by atoms with Crippen LogP contribution in [0.15, 0.2) is 43.5 Å². The fourth-order valence-electron chi connectivity index (χ4n) is 2.53. The molecule has 2 aromatic heterocycles. The molecule has 1 amide bonds. The molecule has 0 aliphatic heterocycles. The van der Waals surface area contributed by atoms with Gasteiger partial charge in [0, 0.05) is 0 Å². The van der Waals surface area contributed by atoms with Crippen molar-refractivity contribution in [2.45, 2.75) is 11.8 Å². The first-order valence-electron chi connectivity index (χ1n) is 7.43. The highest BCUT2D eigenvalue weighted by Crippen LogP contribution is 2.46. The first kappa shape index (κ1) is 19.5. The van der Waals surface area contributed by atoms with Gasteiger partial charge in [-0.3, -0.25) is 4.79 Å². The lowest BCUT2D eigenvalue weighted by atomic mass is 10.1. The molecule has 0 saturated heterocycles. The molecule has 0 radical (unpaired) electrons. The Hall–Kier alpha value is -2.21. The number of anilines is 2. The van der Waals surface area contributed by atoms with Gasteiger partial charge in [-0.2, -0.15) is 0 Å². The van der Waals surface area contributed by atoms with E-state index in [0.717, 1.165) is 0 Å². The maximum absolute atomic E-state index is 12.0. The molecule has 8 nitrogen and oxygen atoms in total. The van der Waals surface area contributed by atoms with Gasteiger partial charge in [0.05, 0.1) is 28.9 Å².